The Morgan fingerprint density at radius 1 is 1.21 bits per heavy atom. The summed E-state index contributed by atoms with van der Waals surface area (Å²) in [5.74, 6) is 1.17. The second kappa shape index (κ2) is 6.97. The summed E-state index contributed by atoms with van der Waals surface area (Å²) in [4.78, 5) is 0. The van der Waals surface area contributed by atoms with Crippen molar-refractivity contribution in [2.24, 2.45) is 13.0 Å². The van der Waals surface area contributed by atoms with E-state index in [0.29, 0.717) is 11.8 Å². The standard InChI is InChI=1S/C15H18Cl2N2/c1-19-11-14(10-18-19)3-2-13(9-16)8-12-4-6-15(17)7-5-12/h4-7,10-11,13H,2-3,8-9H2,1H3. The molecule has 1 heterocycles. The van der Waals surface area contributed by atoms with Crippen LogP contribution in [0.1, 0.15) is 17.5 Å². The van der Waals surface area contributed by atoms with E-state index in [1.807, 2.05) is 30.1 Å². The van der Waals surface area contributed by atoms with Gasteiger partial charge in [-0.15, -0.1) is 11.6 Å². The average Bonchev–Trinajstić information content (AvgIpc) is 2.82. The fraction of sp³-hybridized carbons (Fsp3) is 0.400. The van der Waals surface area contributed by atoms with Crippen molar-refractivity contribution in [3.05, 3.63) is 52.8 Å². The maximum absolute atomic E-state index is 6.07. The van der Waals surface area contributed by atoms with Gasteiger partial charge in [-0.2, -0.15) is 5.10 Å². The zero-order valence-electron chi connectivity index (χ0n) is 11.0. The van der Waals surface area contributed by atoms with Crippen LogP contribution in [0.25, 0.3) is 0 Å². The average molecular weight is 297 g/mol. The Labute approximate surface area is 124 Å². The molecule has 0 aliphatic carbocycles. The van der Waals surface area contributed by atoms with Gasteiger partial charge in [0.2, 0.25) is 0 Å². The molecule has 0 radical (unpaired) electrons. The van der Waals surface area contributed by atoms with E-state index < -0.39 is 0 Å². The molecule has 1 aromatic heterocycles. The third-order valence-electron chi connectivity index (χ3n) is 3.26. The molecule has 1 aromatic carbocycles. The van der Waals surface area contributed by atoms with Crippen molar-refractivity contribution >= 4 is 23.2 Å². The van der Waals surface area contributed by atoms with Crippen molar-refractivity contribution < 1.29 is 0 Å². The third-order valence-corrected chi connectivity index (χ3v) is 3.94. The second-order valence-electron chi connectivity index (χ2n) is 4.91. The van der Waals surface area contributed by atoms with Crippen LogP contribution < -0.4 is 0 Å². The SMILES string of the molecule is Cn1cc(CCC(CCl)Cc2ccc(Cl)cc2)cn1. The molecule has 2 nitrogen and oxygen atoms in total. The minimum Gasteiger partial charge on any atom is -0.276 e. The number of alkyl halides is 1. The van der Waals surface area contributed by atoms with Gasteiger partial charge < -0.3 is 0 Å². The van der Waals surface area contributed by atoms with Gasteiger partial charge in [0.15, 0.2) is 0 Å². The Kier molecular flexibility index (Phi) is 5.29. The Morgan fingerprint density at radius 3 is 2.53 bits per heavy atom. The smallest absolute Gasteiger partial charge is 0.0521 e. The van der Waals surface area contributed by atoms with Crippen LogP contribution in [0.15, 0.2) is 36.7 Å². The summed E-state index contributed by atoms with van der Waals surface area (Å²) in [7, 11) is 1.94. The zero-order chi connectivity index (χ0) is 13.7. The minimum atomic E-state index is 0.489. The summed E-state index contributed by atoms with van der Waals surface area (Å²) in [6, 6.07) is 8.02. The number of hydrogen-bond acceptors (Lipinski definition) is 1. The highest BCUT2D eigenvalue weighted by molar-refractivity contribution is 6.30. The van der Waals surface area contributed by atoms with E-state index in [-0.39, 0.29) is 0 Å². The summed E-state index contributed by atoms with van der Waals surface area (Å²) in [5.41, 5.74) is 2.56. The number of aryl methyl sites for hydroxylation is 2. The third kappa shape index (κ3) is 4.55. The maximum atomic E-state index is 6.07. The first kappa shape index (κ1) is 14.4. The van der Waals surface area contributed by atoms with E-state index in [9.17, 15) is 0 Å². The zero-order valence-corrected chi connectivity index (χ0v) is 12.5. The van der Waals surface area contributed by atoms with E-state index in [4.69, 9.17) is 23.2 Å². The van der Waals surface area contributed by atoms with Gasteiger partial charge in [0.1, 0.15) is 0 Å². The molecule has 0 N–H and O–H groups in total. The van der Waals surface area contributed by atoms with Crippen molar-refractivity contribution in [2.75, 3.05) is 5.88 Å². The van der Waals surface area contributed by atoms with Crippen molar-refractivity contribution in [3.8, 4) is 0 Å². The van der Waals surface area contributed by atoms with Crippen LogP contribution in [0, 0.1) is 5.92 Å². The highest BCUT2D eigenvalue weighted by Gasteiger charge is 2.09. The van der Waals surface area contributed by atoms with E-state index in [1.165, 1.54) is 11.1 Å². The number of rotatable bonds is 6. The Morgan fingerprint density at radius 2 is 1.95 bits per heavy atom. The molecule has 0 saturated heterocycles. The van der Waals surface area contributed by atoms with Crippen molar-refractivity contribution in [2.45, 2.75) is 19.3 Å². The lowest BCUT2D eigenvalue weighted by atomic mass is 9.95. The second-order valence-corrected chi connectivity index (χ2v) is 5.66. The number of nitrogens with zero attached hydrogens (tertiary/aromatic N) is 2. The monoisotopic (exact) mass is 296 g/mol. The van der Waals surface area contributed by atoms with Crippen LogP contribution in [0.4, 0.5) is 0 Å². The van der Waals surface area contributed by atoms with E-state index in [1.54, 1.807) is 0 Å². The maximum Gasteiger partial charge on any atom is 0.0521 e. The fourth-order valence-corrected chi connectivity index (χ4v) is 2.55. The summed E-state index contributed by atoms with van der Waals surface area (Å²) in [5, 5.41) is 4.96. The summed E-state index contributed by atoms with van der Waals surface area (Å²) in [6.45, 7) is 0. The number of aromatic nitrogens is 2. The molecule has 1 unspecified atom stereocenters. The van der Waals surface area contributed by atoms with Crippen molar-refractivity contribution in [3.63, 3.8) is 0 Å². The largest absolute Gasteiger partial charge is 0.276 e. The number of halogens is 2. The number of benzene rings is 1. The van der Waals surface area contributed by atoms with Gasteiger partial charge in [0.25, 0.3) is 0 Å². The minimum absolute atomic E-state index is 0.489. The molecule has 0 spiro atoms. The van der Waals surface area contributed by atoms with Gasteiger partial charge in [-0.1, -0.05) is 23.7 Å². The van der Waals surface area contributed by atoms with Gasteiger partial charge in [-0.05, 0) is 48.4 Å². The highest BCUT2D eigenvalue weighted by Crippen LogP contribution is 2.18. The molecule has 4 heteroatoms. The first-order valence-electron chi connectivity index (χ1n) is 6.45. The Balaban J connectivity index is 1.87. The molecule has 1 atom stereocenters. The molecular formula is C15H18Cl2N2. The molecule has 0 saturated carbocycles. The summed E-state index contributed by atoms with van der Waals surface area (Å²) >= 11 is 12.0. The molecule has 2 rings (SSSR count). The molecule has 102 valence electrons. The molecule has 19 heavy (non-hydrogen) atoms. The van der Waals surface area contributed by atoms with Crippen LogP contribution in [0.2, 0.25) is 5.02 Å². The molecule has 0 bridgehead atoms. The van der Waals surface area contributed by atoms with Crippen LogP contribution in [0.3, 0.4) is 0 Å². The van der Waals surface area contributed by atoms with E-state index in [0.717, 1.165) is 24.3 Å². The van der Waals surface area contributed by atoms with E-state index in [2.05, 4.69) is 23.4 Å². The normalized spacial score (nSPS) is 12.6. The van der Waals surface area contributed by atoms with Gasteiger partial charge in [-0.3, -0.25) is 4.68 Å². The van der Waals surface area contributed by atoms with Crippen LogP contribution >= 0.6 is 23.2 Å². The van der Waals surface area contributed by atoms with Crippen molar-refractivity contribution in [1.82, 2.24) is 9.78 Å². The lowest BCUT2D eigenvalue weighted by Gasteiger charge is -2.13. The van der Waals surface area contributed by atoms with Gasteiger partial charge in [0, 0.05) is 24.1 Å². The topological polar surface area (TPSA) is 17.8 Å². The molecule has 0 amide bonds. The summed E-state index contributed by atoms with van der Waals surface area (Å²) < 4.78 is 1.84. The molecule has 2 aromatic rings. The van der Waals surface area contributed by atoms with Crippen molar-refractivity contribution in [1.29, 1.82) is 0 Å². The summed E-state index contributed by atoms with van der Waals surface area (Å²) in [6.07, 6.45) is 7.10. The first-order chi connectivity index (χ1) is 9.17. The van der Waals surface area contributed by atoms with Crippen LogP contribution in [-0.4, -0.2) is 15.7 Å². The molecule has 0 fully saturated rings. The molecule has 0 aliphatic rings. The van der Waals surface area contributed by atoms with E-state index >= 15 is 0 Å². The molecular weight excluding hydrogens is 279 g/mol. The van der Waals surface area contributed by atoms with Crippen LogP contribution in [-0.2, 0) is 19.9 Å². The lowest BCUT2D eigenvalue weighted by Crippen LogP contribution is -2.08. The first-order valence-corrected chi connectivity index (χ1v) is 7.36. The fourth-order valence-electron chi connectivity index (χ4n) is 2.16. The van der Waals surface area contributed by atoms with Gasteiger partial charge in [0.05, 0.1) is 6.20 Å². The predicted molar refractivity (Wildman–Crippen MR) is 80.9 cm³/mol. The lowest BCUT2D eigenvalue weighted by molar-refractivity contribution is 0.536. The Bertz CT molecular complexity index is 505. The van der Waals surface area contributed by atoms with Gasteiger partial charge >= 0.3 is 0 Å². The highest BCUT2D eigenvalue weighted by atomic mass is 35.5. The van der Waals surface area contributed by atoms with Crippen LogP contribution in [0.5, 0.6) is 0 Å². The van der Waals surface area contributed by atoms with Gasteiger partial charge in [-0.25, -0.2) is 0 Å². The Hall–Kier alpha value is -0.990. The quantitative estimate of drug-likeness (QED) is 0.734. The molecule has 0 aliphatic heterocycles. The predicted octanol–water partition coefficient (Wildman–Crippen LogP) is 4.10. The number of hydrogen-bond donors (Lipinski definition) is 0.